The zero-order valence-corrected chi connectivity index (χ0v) is 16.8. The van der Waals surface area contributed by atoms with E-state index in [-0.39, 0.29) is 24.1 Å². The van der Waals surface area contributed by atoms with Crippen LogP contribution in [0.3, 0.4) is 0 Å². The predicted molar refractivity (Wildman–Crippen MR) is 109 cm³/mol. The predicted octanol–water partition coefficient (Wildman–Crippen LogP) is 1.32. The molecule has 7 nitrogen and oxygen atoms in total. The molecule has 3 heterocycles. The number of imide groups is 1. The maximum absolute atomic E-state index is 12.7. The van der Waals surface area contributed by atoms with Crippen LogP contribution in [-0.4, -0.2) is 48.3 Å². The Balaban J connectivity index is 1.27. The molecule has 7 heteroatoms. The fourth-order valence-electron chi connectivity index (χ4n) is 4.66. The first-order chi connectivity index (χ1) is 14.1. The van der Waals surface area contributed by atoms with Crippen LogP contribution in [0.1, 0.15) is 60.0 Å². The zero-order chi connectivity index (χ0) is 20.2. The van der Waals surface area contributed by atoms with Gasteiger partial charge in [0.15, 0.2) is 0 Å². The molecule has 4 rings (SSSR count). The van der Waals surface area contributed by atoms with Crippen molar-refractivity contribution in [1.29, 1.82) is 0 Å². The molecule has 3 N–H and O–H groups in total. The van der Waals surface area contributed by atoms with E-state index in [9.17, 15) is 14.4 Å². The number of hydrogen-bond acceptors (Lipinski definition) is 5. The van der Waals surface area contributed by atoms with Gasteiger partial charge in [-0.05, 0) is 74.8 Å². The van der Waals surface area contributed by atoms with Gasteiger partial charge in [-0.25, -0.2) is 0 Å². The maximum atomic E-state index is 12.7. The van der Waals surface area contributed by atoms with Crippen LogP contribution in [0.2, 0.25) is 0 Å². The largest absolute Gasteiger partial charge is 0.322 e. The van der Waals surface area contributed by atoms with Crippen LogP contribution in [0.4, 0.5) is 0 Å². The summed E-state index contributed by atoms with van der Waals surface area (Å²) in [5.74, 6) is 0.125. The minimum Gasteiger partial charge on any atom is -0.322 e. The van der Waals surface area contributed by atoms with Crippen molar-refractivity contribution in [2.24, 2.45) is 5.92 Å². The van der Waals surface area contributed by atoms with E-state index in [1.165, 1.54) is 25.7 Å². The number of rotatable bonds is 7. The fourth-order valence-corrected chi connectivity index (χ4v) is 4.66. The van der Waals surface area contributed by atoms with Crippen molar-refractivity contribution in [2.45, 2.75) is 57.7 Å². The lowest BCUT2D eigenvalue weighted by molar-refractivity contribution is -0.136. The van der Waals surface area contributed by atoms with Crippen molar-refractivity contribution in [1.82, 2.24) is 20.9 Å². The SMILES string of the molecule is O=C1CCC(N2Cc3cc(CNCCCC4CCNCC4)ccc3C2=O)C(=O)N1. The maximum Gasteiger partial charge on any atom is 0.255 e. The fraction of sp³-hybridized carbons (Fsp3) is 0.591. The summed E-state index contributed by atoms with van der Waals surface area (Å²) in [7, 11) is 0. The monoisotopic (exact) mass is 398 g/mol. The molecular formula is C22H30N4O3. The Morgan fingerprint density at radius 2 is 1.93 bits per heavy atom. The van der Waals surface area contributed by atoms with Crippen molar-refractivity contribution in [3.8, 4) is 0 Å². The van der Waals surface area contributed by atoms with Crippen LogP contribution in [0.15, 0.2) is 18.2 Å². The summed E-state index contributed by atoms with van der Waals surface area (Å²) in [6.07, 6.45) is 5.75. The molecule has 2 fully saturated rings. The van der Waals surface area contributed by atoms with Crippen LogP contribution in [0.25, 0.3) is 0 Å². The minimum atomic E-state index is -0.552. The summed E-state index contributed by atoms with van der Waals surface area (Å²) in [5.41, 5.74) is 2.79. The van der Waals surface area contributed by atoms with Gasteiger partial charge in [0.25, 0.3) is 5.91 Å². The quantitative estimate of drug-likeness (QED) is 0.476. The first kappa shape index (κ1) is 20.0. The molecule has 2 saturated heterocycles. The molecule has 3 aliphatic rings. The molecular weight excluding hydrogens is 368 g/mol. The van der Waals surface area contributed by atoms with Crippen molar-refractivity contribution in [2.75, 3.05) is 19.6 Å². The smallest absolute Gasteiger partial charge is 0.255 e. The van der Waals surface area contributed by atoms with Gasteiger partial charge in [-0.3, -0.25) is 19.7 Å². The lowest BCUT2D eigenvalue weighted by Crippen LogP contribution is -2.52. The highest BCUT2D eigenvalue weighted by atomic mass is 16.2. The molecule has 3 amide bonds. The average molecular weight is 399 g/mol. The Labute approximate surface area is 171 Å². The third-order valence-electron chi connectivity index (χ3n) is 6.34. The van der Waals surface area contributed by atoms with Gasteiger partial charge in [0.05, 0.1) is 0 Å². The third kappa shape index (κ3) is 4.67. The van der Waals surface area contributed by atoms with Gasteiger partial charge in [-0.2, -0.15) is 0 Å². The molecule has 29 heavy (non-hydrogen) atoms. The second-order valence-corrected chi connectivity index (χ2v) is 8.40. The summed E-state index contributed by atoms with van der Waals surface area (Å²) in [5, 5.41) is 9.27. The second kappa shape index (κ2) is 9.05. The molecule has 1 aromatic carbocycles. The van der Waals surface area contributed by atoms with Gasteiger partial charge in [-0.1, -0.05) is 12.1 Å². The van der Waals surface area contributed by atoms with E-state index in [1.807, 2.05) is 12.1 Å². The number of fused-ring (bicyclic) bond motifs is 1. The highest BCUT2D eigenvalue weighted by Gasteiger charge is 2.38. The van der Waals surface area contributed by atoms with E-state index in [0.29, 0.717) is 18.5 Å². The summed E-state index contributed by atoms with van der Waals surface area (Å²) < 4.78 is 0. The number of nitrogens with zero attached hydrogens (tertiary/aromatic N) is 1. The molecule has 1 unspecified atom stereocenters. The number of hydrogen-bond donors (Lipinski definition) is 3. The van der Waals surface area contributed by atoms with Gasteiger partial charge in [0.2, 0.25) is 11.8 Å². The van der Waals surface area contributed by atoms with Gasteiger partial charge < -0.3 is 15.5 Å². The van der Waals surface area contributed by atoms with Crippen molar-refractivity contribution in [3.05, 3.63) is 34.9 Å². The molecule has 0 radical (unpaired) electrons. The highest BCUT2D eigenvalue weighted by Crippen LogP contribution is 2.28. The van der Waals surface area contributed by atoms with E-state index in [0.717, 1.165) is 43.2 Å². The molecule has 3 aliphatic heterocycles. The first-order valence-corrected chi connectivity index (χ1v) is 10.8. The molecule has 156 valence electrons. The average Bonchev–Trinajstić information content (AvgIpc) is 3.04. The number of amides is 3. The summed E-state index contributed by atoms with van der Waals surface area (Å²) in [6.45, 7) is 4.53. The van der Waals surface area contributed by atoms with E-state index in [1.54, 1.807) is 4.90 Å². The number of carbonyl (C=O) groups excluding carboxylic acids is 3. The van der Waals surface area contributed by atoms with Gasteiger partial charge >= 0.3 is 0 Å². The van der Waals surface area contributed by atoms with Crippen LogP contribution >= 0.6 is 0 Å². The number of carbonyl (C=O) groups is 3. The molecule has 0 spiro atoms. The number of benzene rings is 1. The molecule has 0 saturated carbocycles. The zero-order valence-electron chi connectivity index (χ0n) is 16.8. The molecule has 0 aromatic heterocycles. The van der Waals surface area contributed by atoms with Crippen molar-refractivity contribution < 1.29 is 14.4 Å². The van der Waals surface area contributed by atoms with Gasteiger partial charge in [0.1, 0.15) is 6.04 Å². The summed E-state index contributed by atoms with van der Waals surface area (Å²) in [4.78, 5) is 37.8. The van der Waals surface area contributed by atoms with Gasteiger partial charge in [-0.15, -0.1) is 0 Å². The van der Waals surface area contributed by atoms with Crippen molar-refractivity contribution in [3.63, 3.8) is 0 Å². The summed E-state index contributed by atoms with van der Waals surface area (Å²) in [6, 6.07) is 5.38. The molecule has 0 bridgehead atoms. The van der Waals surface area contributed by atoms with Gasteiger partial charge in [0, 0.05) is 25.1 Å². The Hall–Kier alpha value is -2.25. The molecule has 1 aromatic rings. The van der Waals surface area contributed by atoms with E-state index >= 15 is 0 Å². The Bertz CT molecular complexity index is 788. The Kier molecular flexibility index (Phi) is 6.25. The van der Waals surface area contributed by atoms with Crippen molar-refractivity contribution >= 4 is 17.7 Å². The second-order valence-electron chi connectivity index (χ2n) is 8.40. The minimum absolute atomic E-state index is 0.115. The topological polar surface area (TPSA) is 90.5 Å². The highest BCUT2D eigenvalue weighted by molar-refractivity contribution is 6.05. The molecule has 0 aliphatic carbocycles. The lowest BCUT2D eigenvalue weighted by atomic mass is 9.93. The Morgan fingerprint density at radius 1 is 1.10 bits per heavy atom. The Morgan fingerprint density at radius 3 is 2.72 bits per heavy atom. The van der Waals surface area contributed by atoms with Crippen LogP contribution in [-0.2, 0) is 22.7 Å². The number of nitrogens with one attached hydrogen (secondary N) is 3. The molecule has 1 atom stereocenters. The number of piperidine rings is 2. The van der Waals surface area contributed by atoms with E-state index < -0.39 is 6.04 Å². The van der Waals surface area contributed by atoms with E-state index in [4.69, 9.17) is 0 Å². The normalized spacial score (nSPS) is 22.7. The standard InChI is InChI=1S/C22H30N4O3/c27-20-6-5-19(21(28)25-20)26-14-17-12-16(3-4-18(17)22(26)29)13-24-9-1-2-15-7-10-23-11-8-15/h3-4,12,15,19,23-24H,1-2,5-11,13-14H2,(H,25,27,28). The summed E-state index contributed by atoms with van der Waals surface area (Å²) >= 11 is 0. The third-order valence-corrected chi connectivity index (χ3v) is 6.34. The first-order valence-electron chi connectivity index (χ1n) is 10.8. The van der Waals surface area contributed by atoms with Crippen LogP contribution in [0, 0.1) is 5.92 Å². The lowest BCUT2D eigenvalue weighted by Gasteiger charge is -2.29. The van der Waals surface area contributed by atoms with Crippen LogP contribution < -0.4 is 16.0 Å². The van der Waals surface area contributed by atoms with Crippen LogP contribution in [0.5, 0.6) is 0 Å². The van der Waals surface area contributed by atoms with E-state index in [2.05, 4.69) is 22.0 Å².